The van der Waals surface area contributed by atoms with Crippen LogP contribution in [0.5, 0.6) is 0 Å². The Morgan fingerprint density at radius 3 is 0.700 bits per heavy atom. The maximum absolute atomic E-state index is 12.9. The Balaban J connectivity index is 4.29. The molecule has 0 rings (SSSR count). The Labute approximate surface area is 438 Å². The average molecular weight is 990 g/mol. The van der Waals surface area contributed by atoms with E-state index in [1.165, 1.54) is 263 Å². The number of esters is 3. The van der Waals surface area contributed by atoms with Crippen molar-refractivity contribution in [1.29, 1.82) is 0 Å². The minimum atomic E-state index is -0.763. The molecule has 416 valence electrons. The van der Waals surface area contributed by atoms with Crippen LogP contribution in [0.25, 0.3) is 0 Å². The van der Waals surface area contributed by atoms with E-state index in [9.17, 15) is 14.4 Å². The average Bonchev–Trinajstić information content (AvgIpc) is 3.35. The molecule has 0 aliphatic heterocycles. The molecule has 70 heavy (non-hydrogen) atoms. The van der Waals surface area contributed by atoms with Gasteiger partial charge in [-0.15, -0.1) is 0 Å². The SMILES string of the molecule is CCCCCCCCCCCCCCCCCCCCC(=O)OC[C@H](COC(=O)CCCCCCCCCCCCCCCCC(C)C)OC(=O)CCCCCCCCCCCCCCCCCCC. The maximum atomic E-state index is 12.9. The molecule has 0 aliphatic rings. The summed E-state index contributed by atoms with van der Waals surface area (Å²) < 4.78 is 17.0. The number of carbonyl (C=O) groups excluding carboxylic acids is 3. The molecule has 0 radical (unpaired) electrons. The summed E-state index contributed by atoms with van der Waals surface area (Å²) in [5.41, 5.74) is 0. The molecule has 0 amide bonds. The topological polar surface area (TPSA) is 78.9 Å². The molecule has 0 aromatic rings. The van der Waals surface area contributed by atoms with Gasteiger partial charge in [0.15, 0.2) is 6.10 Å². The highest BCUT2D eigenvalue weighted by Crippen LogP contribution is 2.19. The van der Waals surface area contributed by atoms with Crippen molar-refractivity contribution in [2.24, 2.45) is 5.92 Å². The molecule has 0 aliphatic carbocycles. The van der Waals surface area contributed by atoms with Gasteiger partial charge < -0.3 is 14.2 Å². The van der Waals surface area contributed by atoms with Crippen molar-refractivity contribution >= 4 is 17.9 Å². The van der Waals surface area contributed by atoms with Crippen molar-refractivity contribution in [3.05, 3.63) is 0 Å². The van der Waals surface area contributed by atoms with Gasteiger partial charge in [0.25, 0.3) is 0 Å². The molecule has 0 aromatic carbocycles. The van der Waals surface area contributed by atoms with Gasteiger partial charge in [0.1, 0.15) is 13.2 Å². The normalized spacial score (nSPS) is 12.0. The lowest BCUT2D eigenvalue weighted by Gasteiger charge is -2.18. The molecule has 0 fully saturated rings. The predicted molar refractivity (Wildman–Crippen MR) is 303 cm³/mol. The maximum Gasteiger partial charge on any atom is 0.306 e. The molecule has 6 nitrogen and oxygen atoms in total. The summed E-state index contributed by atoms with van der Waals surface area (Å²) in [6.45, 7) is 9.09. The van der Waals surface area contributed by atoms with Gasteiger partial charge in [-0.1, -0.05) is 329 Å². The predicted octanol–water partition coefficient (Wildman–Crippen LogP) is 21.4. The van der Waals surface area contributed by atoms with Crippen molar-refractivity contribution in [3.63, 3.8) is 0 Å². The first-order chi connectivity index (χ1) is 34.4. The second kappa shape index (κ2) is 58.3. The van der Waals surface area contributed by atoms with Gasteiger partial charge in [-0.3, -0.25) is 14.4 Å². The fourth-order valence-corrected chi connectivity index (χ4v) is 9.99. The van der Waals surface area contributed by atoms with Gasteiger partial charge in [0.05, 0.1) is 0 Å². The van der Waals surface area contributed by atoms with Crippen LogP contribution in [-0.4, -0.2) is 37.2 Å². The van der Waals surface area contributed by atoms with Crippen LogP contribution in [0.1, 0.15) is 368 Å². The van der Waals surface area contributed by atoms with Crippen LogP contribution in [0, 0.1) is 5.92 Å². The third-order valence-electron chi connectivity index (χ3n) is 14.8. The second-order valence-corrected chi connectivity index (χ2v) is 22.5. The lowest BCUT2D eigenvalue weighted by molar-refractivity contribution is -0.167. The minimum Gasteiger partial charge on any atom is -0.462 e. The Bertz CT molecular complexity index is 1060. The summed E-state index contributed by atoms with van der Waals surface area (Å²) in [6.07, 6.45) is 65.3. The summed E-state index contributed by atoms with van der Waals surface area (Å²) in [6, 6.07) is 0. The zero-order valence-electron chi connectivity index (χ0n) is 48.0. The van der Waals surface area contributed by atoms with E-state index in [4.69, 9.17) is 14.2 Å². The first kappa shape index (κ1) is 68.4. The Hall–Kier alpha value is -1.59. The van der Waals surface area contributed by atoms with E-state index in [2.05, 4.69) is 27.7 Å². The van der Waals surface area contributed by atoms with Crippen LogP contribution in [0.4, 0.5) is 0 Å². The van der Waals surface area contributed by atoms with E-state index in [1.807, 2.05) is 0 Å². The monoisotopic (exact) mass is 989 g/mol. The fraction of sp³-hybridized carbons (Fsp3) is 0.953. The van der Waals surface area contributed by atoms with Crippen molar-refractivity contribution in [2.75, 3.05) is 13.2 Å². The molecule has 6 heteroatoms. The van der Waals surface area contributed by atoms with Crippen LogP contribution < -0.4 is 0 Å². The molecular weight excluding hydrogens is 865 g/mol. The Morgan fingerprint density at radius 2 is 0.471 bits per heavy atom. The van der Waals surface area contributed by atoms with Crippen LogP contribution >= 0.6 is 0 Å². The number of hydrogen-bond acceptors (Lipinski definition) is 6. The van der Waals surface area contributed by atoms with Gasteiger partial charge >= 0.3 is 17.9 Å². The molecule has 0 saturated heterocycles. The number of unbranched alkanes of at least 4 members (excludes halogenated alkanes) is 46. The summed E-state index contributed by atoms with van der Waals surface area (Å²) in [7, 11) is 0. The molecule has 1 atom stereocenters. The van der Waals surface area contributed by atoms with Crippen molar-refractivity contribution in [1.82, 2.24) is 0 Å². The molecule has 0 heterocycles. The van der Waals surface area contributed by atoms with Gasteiger partial charge in [-0.25, -0.2) is 0 Å². The molecule has 0 aromatic heterocycles. The number of hydrogen-bond donors (Lipinski definition) is 0. The molecule has 0 unspecified atom stereocenters. The van der Waals surface area contributed by atoms with Crippen LogP contribution in [0.15, 0.2) is 0 Å². The van der Waals surface area contributed by atoms with E-state index < -0.39 is 6.10 Å². The summed E-state index contributed by atoms with van der Waals surface area (Å²) >= 11 is 0. The van der Waals surface area contributed by atoms with E-state index >= 15 is 0 Å². The van der Waals surface area contributed by atoms with Gasteiger partial charge in [-0.2, -0.15) is 0 Å². The van der Waals surface area contributed by atoms with E-state index in [0.717, 1.165) is 63.7 Å². The minimum absolute atomic E-state index is 0.0611. The first-order valence-electron chi connectivity index (χ1n) is 31.9. The van der Waals surface area contributed by atoms with Crippen LogP contribution in [0.2, 0.25) is 0 Å². The van der Waals surface area contributed by atoms with E-state index in [1.54, 1.807) is 0 Å². The highest BCUT2D eigenvalue weighted by molar-refractivity contribution is 5.71. The van der Waals surface area contributed by atoms with Crippen molar-refractivity contribution < 1.29 is 28.6 Å². The number of carbonyl (C=O) groups is 3. The second-order valence-electron chi connectivity index (χ2n) is 22.5. The van der Waals surface area contributed by atoms with Crippen LogP contribution in [0.3, 0.4) is 0 Å². The number of rotatable bonds is 59. The van der Waals surface area contributed by atoms with Crippen LogP contribution in [-0.2, 0) is 28.6 Å². The number of ether oxygens (including phenoxy) is 3. The first-order valence-corrected chi connectivity index (χ1v) is 31.9. The highest BCUT2D eigenvalue weighted by atomic mass is 16.6. The van der Waals surface area contributed by atoms with Crippen molar-refractivity contribution in [3.8, 4) is 0 Å². The zero-order chi connectivity index (χ0) is 50.9. The van der Waals surface area contributed by atoms with Gasteiger partial charge in [0, 0.05) is 19.3 Å². The molecule has 0 bridgehead atoms. The van der Waals surface area contributed by atoms with E-state index in [-0.39, 0.29) is 31.1 Å². The summed E-state index contributed by atoms with van der Waals surface area (Å²) in [4.78, 5) is 38.3. The Kier molecular flexibility index (Phi) is 57.0. The summed E-state index contributed by atoms with van der Waals surface area (Å²) in [5, 5.41) is 0. The molecular formula is C64H124O6. The quantitative estimate of drug-likeness (QED) is 0.0343. The lowest BCUT2D eigenvalue weighted by atomic mass is 10.0. The highest BCUT2D eigenvalue weighted by Gasteiger charge is 2.19. The summed E-state index contributed by atoms with van der Waals surface area (Å²) in [5.74, 6) is 0.0174. The van der Waals surface area contributed by atoms with Gasteiger partial charge in [-0.05, 0) is 25.2 Å². The zero-order valence-corrected chi connectivity index (χ0v) is 48.0. The third-order valence-corrected chi connectivity index (χ3v) is 14.8. The van der Waals surface area contributed by atoms with Gasteiger partial charge in [0.2, 0.25) is 0 Å². The standard InChI is InChI=1S/C64H124O6/c1-5-7-9-11-13-15-17-19-21-23-25-26-31-35-39-43-47-51-55-62(65)68-58-61(70-64(67)57-53-49-45-41-37-33-27-24-22-20-18-16-14-12-10-8-6-2)59-69-63(66)56-52-48-44-40-36-32-29-28-30-34-38-42-46-50-54-60(3)4/h60-61H,5-59H2,1-4H3/t61-/m1/s1. The van der Waals surface area contributed by atoms with E-state index in [0.29, 0.717) is 19.3 Å². The molecule has 0 spiro atoms. The molecule has 0 N–H and O–H groups in total. The largest absolute Gasteiger partial charge is 0.462 e. The smallest absolute Gasteiger partial charge is 0.306 e. The third kappa shape index (κ3) is 57.3. The fourth-order valence-electron chi connectivity index (χ4n) is 9.99. The molecule has 0 saturated carbocycles. The van der Waals surface area contributed by atoms with Crippen molar-refractivity contribution in [2.45, 2.75) is 374 Å². The Morgan fingerprint density at radius 1 is 0.271 bits per heavy atom. The lowest BCUT2D eigenvalue weighted by Crippen LogP contribution is -2.30.